The van der Waals surface area contributed by atoms with Crippen molar-refractivity contribution in [2.45, 2.75) is 31.8 Å². The Morgan fingerprint density at radius 3 is 2.81 bits per heavy atom. The van der Waals surface area contributed by atoms with Crippen molar-refractivity contribution in [3.8, 4) is 0 Å². The van der Waals surface area contributed by atoms with Gasteiger partial charge < -0.3 is 25.0 Å². The molecule has 0 aliphatic carbocycles. The van der Waals surface area contributed by atoms with Crippen LogP contribution in [0, 0.1) is 0 Å². The zero-order valence-corrected chi connectivity index (χ0v) is 12.0. The van der Waals surface area contributed by atoms with Gasteiger partial charge >= 0.3 is 12.0 Å². The Labute approximate surface area is 122 Å². The SMILES string of the molecule is CC1(NC(=O)NCCn2cnc(C(=O)O)c2)CCOCC1. The maximum absolute atomic E-state index is 11.8. The summed E-state index contributed by atoms with van der Waals surface area (Å²) in [7, 11) is 0. The van der Waals surface area contributed by atoms with Crippen LogP contribution in [0.5, 0.6) is 0 Å². The number of ether oxygens (including phenoxy) is 1. The Kier molecular flexibility index (Phi) is 4.79. The van der Waals surface area contributed by atoms with Crippen molar-refractivity contribution in [3.63, 3.8) is 0 Å². The standard InChI is InChI=1S/C13H20N4O4/c1-13(2-6-21-7-3-13)16-12(20)14-4-5-17-8-10(11(18)19)15-9-17/h8-9H,2-7H2,1H3,(H,18,19)(H2,14,16,20). The van der Waals surface area contributed by atoms with Crippen LogP contribution in [0.4, 0.5) is 4.79 Å². The van der Waals surface area contributed by atoms with Crippen molar-refractivity contribution in [2.24, 2.45) is 0 Å². The molecule has 0 atom stereocenters. The zero-order chi connectivity index (χ0) is 15.3. The van der Waals surface area contributed by atoms with E-state index in [2.05, 4.69) is 15.6 Å². The summed E-state index contributed by atoms with van der Waals surface area (Å²) in [5, 5.41) is 14.5. The largest absolute Gasteiger partial charge is 0.476 e. The molecule has 2 rings (SSSR count). The van der Waals surface area contributed by atoms with Crippen LogP contribution in [0.15, 0.2) is 12.5 Å². The summed E-state index contributed by atoms with van der Waals surface area (Å²) >= 11 is 0. The highest BCUT2D eigenvalue weighted by Crippen LogP contribution is 2.19. The first kappa shape index (κ1) is 15.3. The van der Waals surface area contributed by atoms with E-state index in [4.69, 9.17) is 9.84 Å². The van der Waals surface area contributed by atoms with Crippen LogP contribution in [-0.4, -0.2) is 52.0 Å². The average Bonchev–Trinajstić information content (AvgIpc) is 2.88. The molecule has 1 aromatic rings. The van der Waals surface area contributed by atoms with Crippen LogP contribution in [0.25, 0.3) is 0 Å². The van der Waals surface area contributed by atoms with Crippen molar-refractivity contribution in [2.75, 3.05) is 19.8 Å². The lowest BCUT2D eigenvalue weighted by Crippen LogP contribution is -2.53. The number of hydrogen-bond acceptors (Lipinski definition) is 4. The number of hydrogen-bond donors (Lipinski definition) is 3. The van der Waals surface area contributed by atoms with Gasteiger partial charge in [-0.15, -0.1) is 0 Å². The Morgan fingerprint density at radius 2 is 2.19 bits per heavy atom. The number of nitrogens with zero attached hydrogens (tertiary/aromatic N) is 2. The molecule has 0 saturated carbocycles. The highest BCUT2D eigenvalue weighted by molar-refractivity contribution is 5.84. The maximum Gasteiger partial charge on any atom is 0.356 e. The van der Waals surface area contributed by atoms with Crippen LogP contribution in [0.1, 0.15) is 30.3 Å². The topological polar surface area (TPSA) is 105 Å². The van der Waals surface area contributed by atoms with Crippen molar-refractivity contribution in [3.05, 3.63) is 18.2 Å². The van der Waals surface area contributed by atoms with Gasteiger partial charge in [0.25, 0.3) is 0 Å². The third-order valence-corrected chi connectivity index (χ3v) is 3.52. The Bertz CT molecular complexity index is 508. The monoisotopic (exact) mass is 296 g/mol. The van der Waals surface area contributed by atoms with Crippen LogP contribution in [0.2, 0.25) is 0 Å². The molecule has 0 bridgehead atoms. The summed E-state index contributed by atoms with van der Waals surface area (Å²) < 4.78 is 6.90. The van der Waals surface area contributed by atoms with Gasteiger partial charge in [-0.25, -0.2) is 14.6 Å². The predicted octanol–water partition coefficient (Wildman–Crippen LogP) is 0.450. The van der Waals surface area contributed by atoms with Gasteiger partial charge in [-0.2, -0.15) is 0 Å². The minimum absolute atomic E-state index is 0.00540. The zero-order valence-electron chi connectivity index (χ0n) is 12.0. The molecular formula is C13H20N4O4. The Hall–Kier alpha value is -2.09. The molecule has 1 aromatic heterocycles. The number of imidazole rings is 1. The van der Waals surface area contributed by atoms with Gasteiger partial charge in [-0.05, 0) is 19.8 Å². The van der Waals surface area contributed by atoms with E-state index in [-0.39, 0.29) is 17.3 Å². The molecule has 1 aliphatic rings. The summed E-state index contributed by atoms with van der Waals surface area (Å²) in [5.74, 6) is -1.06. The van der Waals surface area contributed by atoms with Crippen molar-refractivity contribution < 1.29 is 19.4 Å². The lowest BCUT2D eigenvalue weighted by atomic mass is 9.93. The van der Waals surface area contributed by atoms with Crippen LogP contribution in [0.3, 0.4) is 0 Å². The van der Waals surface area contributed by atoms with Gasteiger partial charge in [0.15, 0.2) is 5.69 Å². The molecule has 3 N–H and O–H groups in total. The highest BCUT2D eigenvalue weighted by Gasteiger charge is 2.28. The van der Waals surface area contributed by atoms with Gasteiger partial charge in [-0.1, -0.05) is 0 Å². The van der Waals surface area contributed by atoms with Gasteiger partial charge in [0.2, 0.25) is 0 Å². The van der Waals surface area contributed by atoms with Crippen LogP contribution >= 0.6 is 0 Å². The second-order valence-corrected chi connectivity index (χ2v) is 5.36. The summed E-state index contributed by atoms with van der Waals surface area (Å²) in [4.78, 5) is 26.3. The molecule has 1 fully saturated rings. The highest BCUT2D eigenvalue weighted by atomic mass is 16.5. The predicted molar refractivity (Wildman–Crippen MR) is 74.2 cm³/mol. The molecule has 0 unspecified atom stereocenters. The maximum atomic E-state index is 11.8. The van der Waals surface area contributed by atoms with Crippen molar-refractivity contribution in [1.82, 2.24) is 20.2 Å². The number of urea groups is 1. The van der Waals surface area contributed by atoms with E-state index in [0.717, 1.165) is 12.8 Å². The molecule has 0 radical (unpaired) electrons. The van der Waals surface area contributed by atoms with Crippen LogP contribution < -0.4 is 10.6 Å². The smallest absolute Gasteiger partial charge is 0.356 e. The summed E-state index contributed by atoms with van der Waals surface area (Å²) in [5.41, 5.74) is -0.234. The molecular weight excluding hydrogens is 276 g/mol. The summed E-state index contributed by atoms with van der Waals surface area (Å²) in [6, 6.07) is -0.224. The van der Waals surface area contributed by atoms with E-state index in [1.54, 1.807) is 4.57 Å². The van der Waals surface area contributed by atoms with Crippen molar-refractivity contribution in [1.29, 1.82) is 0 Å². The summed E-state index contributed by atoms with van der Waals surface area (Å²) in [6.07, 6.45) is 4.46. The number of carboxylic acid groups (broad SMARTS) is 1. The number of carbonyl (C=O) groups is 2. The van der Waals surface area contributed by atoms with Gasteiger partial charge in [-0.3, -0.25) is 0 Å². The summed E-state index contributed by atoms with van der Waals surface area (Å²) in [6.45, 7) is 4.18. The molecule has 8 nitrogen and oxygen atoms in total. The molecule has 1 saturated heterocycles. The first-order valence-electron chi connectivity index (χ1n) is 6.87. The lowest BCUT2D eigenvalue weighted by Gasteiger charge is -2.34. The van der Waals surface area contributed by atoms with E-state index in [1.807, 2.05) is 6.92 Å². The van der Waals surface area contributed by atoms with E-state index in [0.29, 0.717) is 26.3 Å². The average molecular weight is 296 g/mol. The first-order valence-corrected chi connectivity index (χ1v) is 6.87. The molecule has 8 heteroatoms. The molecule has 21 heavy (non-hydrogen) atoms. The quantitative estimate of drug-likeness (QED) is 0.731. The number of carboxylic acids is 1. The molecule has 2 heterocycles. The third kappa shape index (κ3) is 4.45. The van der Waals surface area contributed by atoms with Gasteiger partial charge in [0.1, 0.15) is 0 Å². The minimum Gasteiger partial charge on any atom is -0.476 e. The number of amides is 2. The number of rotatable bonds is 5. The second kappa shape index (κ2) is 6.57. The fourth-order valence-electron chi connectivity index (χ4n) is 2.16. The fraction of sp³-hybridized carbons (Fsp3) is 0.615. The van der Waals surface area contributed by atoms with E-state index >= 15 is 0 Å². The normalized spacial score (nSPS) is 17.2. The van der Waals surface area contributed by atoms with Gasteiger partial charge in [0.05, 0.1) is 6.33 Å². The minimum atomic E-state index is -1.06. The van der Waals surface area contributed by atoms with E-state index in [9.17, 15) is 9.59 Å². The fourth-order valence-corrected chi connectivity index (χ4v) is 2.16. The molecule has 1 aliphatic heterocycles. The first-order chi connectivity index (χ1) is 9.98. The van der Waals surface area contributed by atoms with E-state index < -0.39 is 5.97 Å². The van der Waals surface area contributed by atoms with Gasteiger partial charge in [0, 0.05) is 38.0 Å². The second-order valence-electron chi connectivity index (χ2n) is 5.36. The third-order valence-electron chi connectivity index (χ3n) is 3.52. The molecule has 0 spiro atoms. The van der Waals surface area contributed by atoms with Crippen LogP contribution in [-0.2, 0) is 11.3 Å². The lowest BCUT2D eigenvalue weighted by molar-refractivity contribution is 0.0492. The number of aromatic carboxylic acids is 1. The number of carbonyl (C=O) groups excluding carboxylic acids is 1. The molecule has 0 aromatic carbocycles. The Balaban J connectivity index is 1.72. The number of aromatic nitrogens is 2. The Morgan fingerprint density at radius 1 is 1.48 bits per heavy atom. The number of nitrogens with one attached hydrogen (secondary N) is 2. The molecule has 2 amide bonds. The van der Waals surface area contributed by atoms with E-state index in [1.165, 1.54) is 12.5 Å². The van der Waals surface area contributed by atoms with Crippen molar-refractivity contribution >= 4 is 12.0 Å². The molecule has 116 valence electrons.